The molecule has 0 aliphatic heterocycles. The van der Waals surface area contributed by atoms with Crippen molar-refractivity contribution in [1.82, 2.24) is 4.98 Å². The van der Waals surface area contributed by atoms with Crippen LogP contribution in [0.25, 0.3) is 22.1 Å². The van der Waals surface area contributed by atoms with Crippen molar-refractivity contribution < 1.29 is 8.53 Å². The molecule has 2 heteroatoms. The topological polar surface area (TPSA) is 26.0 Å². The van der Waals surface area contributed by atoms with E-state index in [1.54, 1.807) is 12.1 Å². The van der Waals surface area contributed by atoms with Crippen molar-refractivity contribution in [1.29, 1.82) is 0 Å². The third-order valence-electron chi connectivity index (χ3n) is 3.03. The van der Waals surface area contributed by atoms with E-state index in [9.17, 15) is 0 Å². The van der Waals surface area contributed by atoms with Crippen LogP contribution in [0, 0.1) is 20.7 Å². The minimum Gasteiger partial charge on any atom is -0.437 e. The molecule has 3 rings (SSSR count). The highest BCUT2D eigenvalue weighted by molar-refractivity contribution is 6.04. The van der Waals surface area contributed by atoms with Gasteiger partial charge in [-0.1, -0.05) is 12.1 Å². The van der Waals surface area contributed by atoms with E-state index in [1.807, 2.05) is 26.0 Å². The molecule has 2 nitrogen and oxygen atoms in total. The lowest BCUT2D eigenvalue weighted by atomic mass is 10.1. The van der Waals surface area contributed by atoms with E-state index in [2.05, 4.69) is 4.98 Å². The van der Waals surface area contributed by atoms with Gasteiger partial charge in [-0.3, -0.25) is 0 Å². The lowest BCUT2D eigenvalue weighted by Gasteiger charge is -1.98. The van der Waals surface area contributed by atoms with Crippen molar-refractivity contribution in [2.75, 3.05) is 0 Å². The molecule has 0 spiro atoms. The molecule has 2 aromatic heterocycles. The summed E-state index contributed by atoms with van der Waals surface area (Å²) in [5, 5.41) is 1.83. The summed E-state index contributed by atoms with van der Waals surface area (Å²) in [6.07, 6.45) is 0. The Labute approximate surface area is 98.1 Å². The minimum atomic E-state index is -2.21. The first-order valence-electron chi connectivity index (χ1n) is 6.68. The van der Waals surface area contributed by atoms with Gasteiger partial charge in [0.25, 0.3) is 0 Å². The van der Waals surface area contributed by atoms with Crippen LogP contribution < -0.4 is 0 Å². The average Bonchev–Trinajstić information content (AvgIpc) is 2.71. The van der Waals surface area contributed by atoms with Gasteiger partial charge in [0.2, 0.25) is 5.71 Å². The average molecular weight is 214 g/mol. The monoisotopic (exact) mass is 214 g/mol. The van der Waals surface area contributed by atoms with Gasteiger partial charge in [-0.05, 0) is 44.0 Å². The standard InChI is InChI=1S/C14H13NO/c1-8-4-6-11-12-7-5-9(2)15-14(12)16-13(11)10(8)3/h4-7H,1-3H3/i2D3. The lowest BCUT2D eigenvalue weighted by Crippen LogP contribution is -1.79. The van der Waals surface area contributed by atoms with Gasteiger partial charge in [-0.2, -0.15) is 0 Å². The zero-order valence-electron chi connectivity index (χ0n) is 12.2. The van der Waals surface area contributed by atoms with Gasteiger partial charge >= 0.3 is 0 Å². The minimum absolute atomic E-state index is 0.0634. The predicted octanol–water partition coefficient (Wildman–Crippen LogP) is 3.91. The number of nitrogens with zero attached hydrogens (tertiary/aromatic N) is 1. The first-order chi connectivity index (χ1) is 8.88. The van der Waals surface area contributed by atoms with E-state index >= 15 is 0 Å². The fourth-order valence-electron chi connectivity index (χ4n) is 1.95. The van der Waals surface area contributed by atoms with Crippen LogP contribution in [-0.4, -0.2) is 4.98 Å². The van der Waals surface area contributed by atoms with Crippen molar-refractivity contribution in [2.24, 2.45) is 0 Å². The van der Waals surface area contributed by atoms with E-state index in [0.717, 1.165) is 27.5 Å². The molecule has 1 aromatic carbocycles. The van der Waals surface area contributed by atoms with Crippen LogP contribution in [0.1, 0.15) is 20.9 Å². The number of hydrogen-bond donors (Lipinski definition) is 0. The number of aryl methyl sites for hydroxylation is 3. The van der Waals surface area contributed by atoms with Crippen molar-refractivity contribution in [3.63, 3.8) is 0 Å². The molecular formula is C14H13NO. The van der Waals surface area contributed by atoms with Crippen LogP contribution in [0.4, 0.5) is 0 Å². The fourth-order valence-corrected chi connectivity index (χ4v) is 1.95. The first kappa shape index (κ1) is 6.69. The predicted molar refractivity (Wildman–Crippen MR) is 65.7 cm³/mol. The molecule has 0 saturated carbocycles. The van der Waals surface area contributed by atoms with Crippen LogP contribution >= 0.6 is 0 Å². The van der Waals surface area contributed by atoms with Gasteiger partial charge in [-0.25, -0.2) is 4.98 Å². The normalized spacial score (nSPS) is 15.0. The molecule has 0 unspecified atom stereocenters. The van der Waals surface area contributed by atoms with E-state index in [4.69, 9.17) is 8.53 Å². The fraction of sp³-hybridized carbons (Fsp3) is 0.214. The van der Waals surface area contributed by atoms with E-state index in [-0.39, 0.29) is 5.69 Å². The Bertz CT molecular complexity index is 787. The smallest absolute Gasteiger partial charge is 0.227 e. The molecule has 0 aliphatic carbocycles. The summed E-state index contributed by atoms with van der Waals surface area (Å²) in [4.78, 5) is 4.13. The third kappa shape index (κ3) is 1.16. The molecule has 0 saturated heterocycles. The Kier molecular flexibility index (Phi) is 1.29. The SMILES string of the molecule is [2H]C([2H])([2H])c1ccc2c(n1)oc1c(C)c(C)ccc12. The Balaban J connectivity index is 2.37. The number of fused-ring (bicyclic) bond motifs is 3. The highest BCUT2D eigenvalue weighted by Gasteiger charge is 2.10. The Hall–Kier alpha value is -1.83. The molecule has 0 fully saturated rings. The number of hydrogen-bond acceptors (Lipinski definition) is 2. The molecule has 16 heavy (non-hydrogen) atoms. The molecule has 0 bridgehead atoms. The maximum atomic E-state index is 7.39. The Morgan fingerprint density at radius 3 is 2.75 bits per heavy atom. The van der Waals surface area contributed by atoms with Gasteiger partial charge < -0.3 is 4.42 Å². The number of benzene rings is 1. The summed E-state index contributed by atoms with van der Waals surface area (Å²) >= 11 is 0. The second kappa shape index (κ2) is 3.08. The van der Waals surface area contributed by atoms with Gasteiger partial charge in [0.1, 0.15) is 5.58 Å². The van der Waals surface area contributed by atoms with Crippen molar-refractivity contribution in [3.05, 3.63) is 41.1 Å². The largest absolute Gasteiger partial charge is 0.437 e. The van der Waals surface area contributed by atoms with Gasteiger partial charge in [0.05, 0.1) is 0 Å². The van der Waals surface area contributed by atoms with Crippen molar-refractivity contribution in [2.45, 2.75) is 20.7 Å². The van der Waals surface area contributed by atoms with Crippen molar-refractivity contribution in [3.8, 4) is 0 Å². The van der Waals surface area contributed by atoms with Crippen LogP contribution in [0.2, 0.25) is 0 Å². The third-order valence-corrected chi connectivity index (χ3v) is 3.03. The zero-order chi connectivity index (χ0) is 13.8. The molecule has 0 radical (unpaired) electrons. The molecule has 2 heterocycles. The number of pyridine rings is 1. The maximum absolute atomic E-state index is 7.39. The Morgan fingerprint density at radius 2 is 1.94 bits per heavy atom. The second-order valence-corrected chi connectivity index (χ2v) is 4.04. The lowest BCUT2D eigenvalue weighted by molar-refractivity contribution is 0.649. The molecular weight excluding hydrogens is 198 g/mol. The van der Waals surface area contributed by atoms with Crippen LogP contribution in [0.5, 0.6) is 0 Å². The Morgan fingerprint density at radius 1 is 1.12 bits per heavy atom. The summed E-state index contributed by atoms with van der Waals surface area (Å²) in [7, 11) is 0. The summed E-state index contributed by atoms with van der Waals surface area (Å²) in [5.41, 5.74) is 3.43. The van der Waals surface area contributed by atoms with E-state index in [1.165, 1.54) is 0 Å². The summed E-state index contributed by atoms with van der Waals surface area (Å²) in [6, 6.07) is 7.33. The number of aromatic nitrogens is 1. The van der Waals surface area contributed by atoms with Crippen LogP contribution in [0.3, 0.4) is 0 Å². The van der Waals surface area contributed by atoms with E-state index in [0.29, 0.717) is 5.71 Å². The summed E-state index contributed by atoms with van der Waals surface area (Å²) < 4.78 is 27.9. The molecule has 80 valence electrons. The maximum Gasteiger partial charge on any atom is 0.227 e. The highest BCUT2D eigenvalue weighted by Crippen LogP contribution is 2.30. The first-order valence-corrected chi connectivity index (χ1v) is 5.18. The molecule has 0 amide bonds. The highest BCUT2D eigenvalue weighted by atomic mass is 16.3. The summed E-state index contributed by atoms with van der Waals surface area (Å²) in [6.45, 7) is 1.80. The quantitative estimate of drug-likeness (QED) is 0.567. The van der Waals surface area contributed by atoms with E-state index < -0.39 is 6.85 Å². The number of furan rings is 1. The number of rotatable bonds is 0. The van der Waals surface area contributed by atoms with Gasteiger partial charge in [0, 0.05) is 20.6 Å². The second-order valence-electron chi connectivity index (χ2n) is 4.04. The van der Waals surface area contributed by atoms with Crippen LogP contribution in [-0.2, 0) is 0 Å². The van der Waals surface area contributed by atoms with Gasteiger partial charge in [-0.15, -0.1) is 0 Å². The van der Waals surface area contributed by atoms with Crippen LogP contribution in [0.15, 0.2) is 28.7 Å². The molecule has 0 atom stereocenters. The molecule has 0 N–H and O–H groups in total. The summed E-state index contributed by atoms with van der Waals surface area (Å²) in [5.74, 6) is 0. The zero-order valence-corrected chi connectivity index (χ0v) is 9.16. The molecule has 3 aromatic rings. The van der Waals surface area contributed by atoms with Gasteiger partial charge in [0.15, 0.2) is 0 Å². The molecule has 0 aliphatic rings. The van der Waals surface area contributed by atoms with Crippen molar-refractivity contribution >= 4 is 22.1 Å².